The Balaban J connectivity index is 2.75. The van der Waals surface area contributed by atoms with Gasteiger partial charge in [-0.15, -0.1) is 0 Å². The standard InChI is InChI=1S/C10H17NO2/c1-3-11-9(6-7-13-2)4-5-10(11)8-12/h4-5,12H,3,6-8H2,1-2H3. The summed E-state index contributed by atoms with van der Waals surface area (Å²) in [6, 6.07) is 4.02. The van der Waals surface area contributed by atoms with Gasteiger partial charge >= 0.3 is 0 Å². The number of aliphatic hydroxyl groups excluding tert-OH is 1. The molecule has 0 bridgehead atoms. The summed E-state index contributed by atoms with van der Waals surface area (Å²) in [5.74, 6) is 0. The van der Waals surface area contributed by atoms with Gasteiger partial charge in [-0.1, -0.05) is 0 Å². The third kappa shape index (κ3) is 2.32. The molecule has 1 heterocycles. The average Bonchev–Trinajstić information content (AvgIpc) is 2.56. The number of nitrogens with zero attached hydrogens (tertiary/aromatic N) is 1. The Kier molecular flexibility index (Phi) is 3.99. The second kappa shape index (κ2) is 5.04. The molecular formula is C10H17NO2. The fourth-order valence-electron chi connectivity index (χ4n) is 1.53. The van der Waals surface area contributed by atoms with Gasteiger partial charge in [0.15, 0.2) is 0 Å². The second-order valence-electron chi connectivity index (χ2n) is 2.96. The highest BCUT2D eigenvalue weighted by Gasteiger charge is 2.04. The van der Waals surface area contributed by atoms with Crippen LogP contribution in [0.3, 0.4) is 0 Å². The molecule has 13 heavy (non-hydrogen) atoms. The maximum Gasteiger partial charge on any atom is 0.0832 e. The van der Waals surface area contributed by atoms with Crippen LogP contribution < -0.4 is 0 Å². The van der Waals surface area contributed by atoms with E-state index in [1.807, 2.05) is 12.1 Å². The molecule has 1 rings (SSSR count). The van der Waals surface area contributed by atoms with E-state index in [1.165, 1.54) is 5.69 Å². The van der Waals surface area contributed by atoms with Gasteiger partial charge in [0.25, 0.3) is 0 Å². The lowest BCUT2D eigenvalue weighted by Gasteiger charge is -2.08. The Morgan fingerprint density at radius 1 is 1.38 bits per heavy atom. The van der Waals surface area contributed by atoms with Crippen LogP contribution in [0, 0.1) is 0 Å². The van der Waals surface area contributed by atoms with Crippen molar-refractivity contribution >= 4 is 0 Å². The summed E-state index contributed by atoms with van der Waals surface area (Å²) in [4.78, 5) is 0. The van der Waals surface area contributed by atoms with Crippen LogP contribution in [0.5, 0.6) is 0 Å². The fraction of sp³-hybridized carbons (Fsp3) is 0.600. The van der Waals surface area contributed by atoms with Crippen molar-refractivity contribution in [3.63, 3.8) is 0 Å². The molecule has 0 atom stereocenters. The number of aliphatic hydroxyl groups is 1. The van der Waals surface area contributed by atoms with Gasteiger partial charge in [-0.2, -0.15) is 0 Å². The topological polar surface area (TPSA) is 34.4 Å². The molecule has 1 aromatic rings. The molecule has 3 heteroatoms. The highest BCUT2D eigenvalue weighted by Crippen LogP contribution is 2.10. The first kappa shape index (κ1) is 10.3. The van der Waals surface area contributed by atoms with E-state index in [0.29, 0.717) is 0 Å². The van der Waals surface area contributed by atoms with Crippen LogP contribution in [0.2, 0.25) is 0 Å². The van der Waals surface area contributed by atoms with Gasteiger partial charge in [0, 0.05) is 31.5 Å². The van der Waals surface area contributed by atoms with E-state index in [2.05, 4.69) is 11.5 Å². The van der Waals surface area contributed by atoms with Gasteiger partial charge in [0.2, 0.25) is 0 Å². The molecule has 0 amide bonds. The van der Waals surface area contributed by atoms with Gasteiger partial charge < -0.3 is 14.4 Å². The SMILES string of the molecule is CCn1c(CO)ccc1CCOC. The molecule has 0 aromatic carbocycles. The van der Waals surface area contributed by atoms with Crippen molar-refractivity contribution < 1.29 is 9.84 Å². The zero-order valence-electron chi connectivity index (χ0n) is 8.29. The smallest absolute Gasteiger partial charge is 0.0832 e. The van der Waals surface area contributed by atoms with Crippen molar-refractivity contribution in [1.29, 1.82) is 0 Å². The predicted molar refractivity (Wildman–Crippen MR) is 51.6 cm³/mol. The van der Waals surface area contributed by atoms with Crippen molar-refractivity contribution in [2.75, 3.05) is 13.7 Å². The lowest BCUT2D eigenvalue weighted by Crippen LogP contribution is -2.07. The summed E-state index contributed by atoms with van der Waals surface area (Å²) in [6.45, 7) is 3.83. The number of aromatic nitrogens is 1. The predicted octanol–water partition coefficient (Wildman–Crippen LogP) is 1.19. The molecule has 0 aliphatic carbocycles. The number of rotatable bonds is 5. The average molecular weight is 183 g/mol. The molecule has 1 N–H and O–H groups in total. The first-order chi connectivity index (χ1) is 6.33. The molecule has 0 aliphatic rings. The molecular weight excluding hydrogens is 166 g/mol. The van der Waals surface area contributed by atoms with Crippen LogP contribution >= 0.6 is 0 Å². The summed E-state index contributed by atoms with van der Waals surface area (Å²) < 4.78 is 7.14. The molecule has 0 spiro atoms. The van der Waals surface area contributed by atoms with Gasteiger partial charge in [0.05, 0.1) is 13.2 Å². The molecule has 3 nitrogen and oxygen atoms in total. The molecule has 0 fully saturated rings. The quantitative estimate of drug-likeness (QED) is 0.744. The van der Waals surface area contributed by atoms with Gasteiger partial charge in [-0.05, 0) is 19.1 Å². The minimum Gasteiger partial charge on any atom is -0.390 e. The minimum absolute atomic E-state index is 0.112. The van der Waals surface area contributed by atoms with Crippen molar-refractivity contribution in [1.82, 2.24) is 4.57 Å². The minimum atomic E-state index is 0.112. The summed E-state index contributed by atoms with van der Waals surface area (Å²) in [7, 11) is 1.70. The molecule has 0 saturated carbocycles. The normalized spacial score (nSPS) is 10.7. The van der Waals surface area contributed by atoms with E-state index in [4.69, 9.17) is 9.84 Å². The van der Waals surface area contributed by atoms with Crippen molar-refractivity contribution in [3.8, 4) is 0 Å². The van der Waals surface area contributed by atoms with Crippen LogP contribution in [0.25, 0.3) is 0 Å². The van der Waals surface area contributed by atoms with Gasteiger partial charge in [0.1, 0.15) is 0 Å². The van der Waals surface area contributed by atoms with E-state index >= 15 is 0 Å². The van der Waals surface area contributed by atoms with Crippen LogP contribution in [0.15, 0.2) is 12.1 Å². The zero-order chi connectivity index (χ0) is 9.68. The van der Waals surface area contributed by atoms with Crippen LogP contribution in [0.4, 0.5) is 0 Å². The first-order valence-corrected chi connectivity index (χ1v) is 4.60. The Bertz CT molecular complexity index is 255. The Morgan fingerprint density at radius 3 is 2.62 bits per heavy atom. The van der Waals surface area contributed by atoms with Gasteiger partial charge in [-0.3, -0.25) is 0 Å². The van der Waals surface area contributed by atoms with Crippen LogP contribution in [0.1, 0.15) is 18.3 Å². The zero-order valence-corrected chi connectivity index (χ0v) is 8.29. The van der Waals surface area contributed by atoms with E-state index in [1.54, 1.807) is 7.11 Å². The van der Waals surface area contributed by atoms with Gasteiger partial charge in [-0.25, -0.2) is 0 Å². The number of hydrogen-bond acceptors (Lipinski definition) is 2. The Labute approximate surface area is 78.9 Å². The molecule has 1 aromatic heterocycles. The lowest BCUT2D eigenvalue weighted by atomic mass is 10.3. The van der Waals surface area contributed by atoms with E-state index in [9.17, 15) is 0 Å². The monoisotopic (exact) mass is 183 g/mol. The van der Waals surface area contributed by atoms with Crippen molar-refractivity contribution in [2.45, 2.75) is 26.5 Å². The van der Waals surface area contributed by atoms with Crippen molar-refractivity contribution in [2.24, 2.45) is 0 Å². The number of ether oxygens (including phenoxy) is 1. The molecule has 0 saturated heterocycles. The Morgan fingerprint density at radius 2 is 2.08 bits per heavy atom. The van der Waals surface area contributed by atoms with Crippen LogP contribution in [-0.2, 0) is 24.3 Å². The number of methoxy groups -OCH3 is 1. The third-order valence-electron chi connectivity index (χ3n) is 2.20. The van der Waals surface area contributed by atoms with E-state index in [0.717, 1.165) is 25.3 Å². The van der Waals surface area contributed by atoms with E-state index in [-0.39, 0.29) is 6.61 Å². The molecule has 0 radical (unpaired) electrons. The second-order valence-corrected chi connectivity index (χ2v) is 2.96. The maximum atomic E-state index is 9.04. The first-order valence-electron chi connectivity index (χ1n) is 4.60. The fourth-order valence-corrected chi connectivity index (χ4v) is 1.53. The van der Waals surface area contributed by atoms with Crippen molar-refractivity contribution in [3.05, 3.63) is 23.5 Å². The molecule has 74 valence electrons. The largest absolute Gasteiger partial charge is 0.390 e. The summed E-state index contributed by atoms with van der Waals surface area (Å²) in [5, 5.41) is 9.04. The lowest BCUT2D eigenvalue weighted by molar-refractivity contribution is 0.200. The molecule has 0 unspecified atom stereocenters. The highest BCUT2D eigenvalue weighted by atomic mass is 16.5. The summed E-state index contributed by atoms with van der Waals surface area (Å²) >= 11 is 0. The van der Waals surface area contributed by atoms with E-state index < -0.39 is 0 Å². The summed E-state index contributed by atoms with van der Waals surface area (Å²) in [6.07, 6.45) is 0.907. The highest BCUT2D eigenvalue weighted by molar-refractivity contribution is 5.16. The maximum absolute atomic E-state index is 9.04. The van der Waals surface area contributed by atoms with Crippen LogP contribution in [-0.4, -0.2) is 23.4 Å². The Hall–Kier alpha value is -0.800. The molecule has 0 aliphatic heterocycles. The number of hydrogen-bond donors (Lipinski definition) is 1. The summed E-state index contributed by atoms with van der Waals surface area (Å²) in [5.41, 5.74) is 2.21. The third-order valence-corrected chi connectivity index (χ3v) is 2.20.